The van der Waals surface area contributed by atoms with Crippen LogP contribution in [0.5, 0.6) is 0 Å². The minimum Gasteiger partial charge on any atom is -0.313 e. The third-order valence-electron chi connectivity index (χ3n) is 9.01. The molecule has 0 saturated heterocycles. The summed E-state index contributed by atoms with van der Waals surface area (Å²) in [6, 6.07) is 17.3. The molecule has 49 heavy (non-hydrogen) atoms. The molecule has 1 aromatic heterocycles. The lowest BCUT2D eigenvalue weighted by molar-refractivity contribution is -0.384. The van der Waals surface area contributed by atoms with Gasteiger partial charge < -0.3 is 10.6 Å². The largest absolute Gasteiger partial charge is 0.313 e. The van der Waals surface area contributed by atoms with Crippen LogP contribution in [0, 0.1) is 10.1 Å². The first-order chi connectivity index (χ1) is 23.7. The molecule has 2 atom stereocenters. The first-order valence-electron chi connectivity index (χ1n) is 15.9. The fourth-order valence-corrected chi connectivity index (χ4v) is 6.70. The van der Waals surface area contributed by atoms with E-state index in [1.807, 2.05) is 19.1 Å². The molecule has 13 nitrogen and oxygen atoms in total. The van der Waals surface area contributed by atoms with Gasteiger partial charge in [0.15, 0.2) is 5.82 Å². The molecule has 2 unspecified atom stereocenters. The average molecular weight is 658 g/mol. The number of benzene rings is 4. The number of carbonyl (C=O) groups is 4. The molecule has 5 aromatic rings. The Balaban J connectivity index is 0.971. The summed E-state index contributed by atoms with van der Waals surface area (Å²) in [5.74, 6) is -1.28. The minimum absolute atomic E-state index is 0.132. The normalized spacial score (nSPS) is 15.3. The van der Waals surface area contributed by atoms with Crippen molar-refractivity contribution in [3.8, 4) is 11.4 Å². The fraction of sp³-hybridized carbons (Fsp3) is 0.222. The van der Waals surface area contributed by atoms with Crippen molar-refractivity contribution in [3.05, 3.63) is 111 Å². The topological polar surface area (TPSA) is 168 Å². The van der Waals surface area contributed by atoms with Crippen molar-refractivity contribution >= 4 is 50.9 Å². The molecule has 3 heterocycles. The minimum atomic E-state index is -0.574. The van der Waals surface area contributed by atoms with Gasteiger partial charge in [-0.2, -0.15) is 0 Å². The highest BCUT2D eigenvalue weighted by Gasteiger charge is 2.38. The number of carbonyl (C=O) groups excluding carboxylic acids is 4. The standard InChI is InChI=1S/C36H31N7O6/c1-20(41-33(44)26-8-3-6-22-14-24(32-39-10-5-11-40-32)16-28(30(22)26)35(41)46)18-37-12-13-38-19-21(2)42-34(45)27-9-4-7-23-15-25(43(48)49)17-29(31(23)27)36(42)47/h3-11,14-17,20-21,37-38H,12-13,18-19H2,1-2H3. The van der Waals surface area contributed by atoms with Gasteiger partial charge in [0.05, 0.1) is 10.5 Å². The van der Waals surface area contributed by atoms with E-state index >= 15 is 0 Å². The lowest BCUT2D eigenvalue weighted by Crippen LogP contribution is -2.51. The predicted molar refractivity (Wildman–Crippen MR) is 181 cm³/mol. The van der Waals surface area contributed by atoms with Gasteiger partial charge in [-0.3, -0.25) is 39.1 Å². The maximum atomic E-state index is 13.8. The molecule has 0 aliphatic carbocycles. The van der Waals surface area contributed by atoms with Crippen LogP contribution in [-0.2, 0) is 0 Å². The van der Waals surface area contributed by atoms with Gasteiger partial charge in [-0.25, -0.2) is 9.97 Å². The summed E-state index contributed by atoms with van der Waals surface area (Å²) in [5, 5.41) is 20.3. The molecule has 13 heteroatoms. The zero-order valence-electron chi connectivity index (χ0n) is 26.7. The van der Waals surface area contributed by atoms with Crippen LogP contribution in [-0.4, -0.2) is 86.6 Å². The molecular formula is C36H31N7O6. The highest BCUT2D eigenvalue weighted by molar-refractivity contribution is 6.27. The number of nitrogens with one attached hydrogen (secondary N) is 2. The van der Waals surface area contributed by atoms with Crippen LogP contribution in [0.3, 0.4) is 0 Å². The second kappa shape index (κ2) is 12.6. The van der Waals surface area contributed by atoms with E-state index in [1.54, 1.807) is 61.8 Å². The summed E-state index contributed by atoms with van der Waals surface area (Å²) >= 11 is 0. The fourth-order valence-electron chi connectivity index (χ4n) is 6.70. The van der Waals surface area contributed by atoms with E-state index in [9.17, 15) is 29.3 Å². The van der Waals surface area contributed by atoms with Crippen molar-refractivity contribution < 1.29 is 24.1 Å². The second-order valence-corrected chi connectivity index (χ2v) is 12.2. The van der Waals surface area contributed by atoms with Crippen LogP contribution in [0.15, 0.2) is 79.1 Å². The number of hydrogen-bond acceptors (Lipinski definition) is 10. The molecule has 0 spiro atoms. The van der Waals surface area contributed by atoms with E-state index < -0.39 is 28.8 Å². The summed E-state index contributed by atoms with van der Waals surface area (Å²) in [6.45, 7) is 5.11. The number of hydrogen-bond donors (Lipinski definition) is 2. The Morgan fingerprint density at radius 2 is 1.16 bits per heavy atom. The van der Waals surface area contributed by atoms with E-state index in [2.05, 4.69) is 20.6 Å². The van der Waals surface area contributed by atoms with Crippen LogP contribution in [0.1, 0.15) is 55.3 Å². The highest BCUT2D eigenvalue weighted by Crippen LogP contribution is 2.35. The van der Waals surface area contributed by atoms with Gasteiger partial charge in [-0.05, 0) is 55.0 Å². The molecule has 4 amide bonds. The van der Waals surface area contributed by atoms with Gasteiger partial charge in [-0.15, -0.1) is 0 Å². The van der Waals surface area contributed by atoms with Crippen molar-refractivity contribution in [2.45, 2.75) is 25.9 Å². The van der Waals surface area contributed by atoms with Crippen molar-refractivity contribution in [2.75, 3.05) is 26.2 Å². The molecule has 7 rings (SSSR count). The van der Waals surface area contributed by atoms with Crippen LogP contribution in [0.25, 0.3) is 32.9 Å². The zero-order valence-corrected chi connectivity index (χ0v) is 26.7. The average Bonchev–Trinajstić information content (AvgIpc) is 3.10. The Kier molecular flexibility index (Phi) is 8.14. The van der Waals surface area contributed by atoms with Gasteiger partial charge in [0, 0.05) is 95.8 Å². The Hall–Kier alpha value is -5.92. The van der Waals surface area contributed by atoms with Gasteiger partial charge >= 0.3 is 0 Å². The maximum Gasteiger partial charge on any atom is 0.270 e. The lowest BCUT2D eigenvalue weighted by atomic mass is 9.91. The van der Waals surface area contributed by atoms with Gasteiger partial charge in [0.2, 0.25) is 0 Å². The van der Waals surface area contributed by atoms with E-state index in [-0.39, 0.29) is 29.6 Å². The van der Waals surface area contributed by atoms with Crippen LogP contribution in [0.4, 0.5) is 5.69 Å². The third kappa shape index (κ3) is 5.48. The van der Waals surface area contributed by atoms with Crippen LogP contribution in [0.2, 0.25) is 0 Å². The van der Waals surface area contributed by atoms with Crippen LogP contribution < -0.4 is 10.6 Å². The van der Waals surface area contributed by atoms with Crippen molar-refractivity contribution in [2.24, 2.45) is 0 Å². The van der Waals surface area contributed by atoms with Crippen molar-refractivity contribution in [3.63, 3.8) is 0 Å². The van der Waals surface area contributed by atoms with E-state index in [0.29, 0.717) is 63.9 Å². The van der Waals surface area contributed by atoms with E-state index in [0.717, 1.165) is 10.3 Å². The summed E-state index contributed by atoms with van der Waals surface area (Å²) in [7, 11) is 0. The highest BCUT2D eigenvalue weighted by atomic mass is 16.6. The second-order valence-electron chi connectivity index (χ2n) is 12.2. The van der Waals surface area contributed by atoms with Gasteiger partial charge in [0.1, 0.15) is 0 Å². The van der Waals surface area contributed by atoms with Crippen molar-refractivity contribution in [1.82, 2.24) is 30.4 Å². The molecular weight excluding hydrogens is 626 g/mol. The molecule has 2 N–H and O–H groups in total. The SMILES string of the molecule is CC(CNCCNCC(C)N1C(=O)c2cccc3cc([N+](=O)[O-])cc(c23)C1=O)N1C(=O)c2cccc3cc(-c4ncccn4)cc(c23)C1=O. The smallest absolute Gasteiger partial charge is 0.270 e. The first kappa shape index (κ1) is 31.7. The Labute approximate surface area is 280 Å². The monoisotopic (exact) mass is 657 g/mol. The number of nitro groups is 1. The molecule has 2 aliphatic heterocycles. The maximum absolute atomic E-state index is 13.8. The molecule has 246 valence electrons. The Morgan fingerprint density at radius 1 is 0.673 bits per heavy atom. The number of rotatable bonds is 11. The summed E-state index contributed by atoms with van der Waals surface area (Å²) in [4.78, 5) is 76.2. The summed E-state index contributed by atoms with van der Waals surface area (Å²) in [6.07, 6.45) is 3.27. The third-order valence-corrected chi connectivity index (χ3v) is 9.01. The zero-order chi connectivity index (χ0) is 34.4. The quantitative estimate of drug-likeness (QED) is 0.0909. The number of nitro benzene ring substituents is 1. The molecule has 0 fully saturated rings. The first-order valence-corrected chi connectivity index (χ1v) is 15.9. The Bertz CT molecular complexity index is 2210. The predicted octanol–water partition coefficient (Wildman–Crippen LogP) is 4.21. The number of non-ortho nitro benzene ring substituents is 1. The molecule has 0 bridgehead atoms. The molecule has 2 aliphatic rings. The van der Waals surface area contributed by atoms with E-state index in [1.165, 1.54) is 17.0 Å². The van der Waals surface area contributed by atoms with E-state index in [4.69, 9.17) is 0 Å². The molecule has 4 aromatic carbocycles. The van der Waals surface area contributed by atoms with Gasteiger partial charge in [0.25, 0.3) is 29.3 Å². The Morgan fingerprint density at radius 3 is 1.69 bits per heavy atom. The lowest BCUT2D eigenvalue weighted by Gasteiger charge is -2.32. The number of nitrogens with zero attached hydrogens (tertiary/aromatic N) is 5. The summed E-state index contributed by atoms with van der Waals surface area (Å²) < 4.78 is 0. The summed E-state index contributed by atoms with van der Waals surface area (Å²) in [5.41, 5.74) is 1.82. The number of aromatic nitrogens is 2. The molecule has 0 saturated carbocycles. The number of imide groups is 2. The van der Waals surface area contributed by atoms with Crippen molar-refractivity contribution in [1.29, 1.82) is 0 Å². The number of amides is 4. The molecule has 0 radical (unpaired) electrons. The van der Waals surface area contributed by atoms with Gasteiger partial charge in [-0.1, -0.05) is 24.3 Å². The van der Waals surface area contributed by atoms with Crippen LogP contribution >= 0.6 is 0 Å².